The lowest BCUT2D eigenvalue weighted by Gasteiger charge is -2.16. The van der Waals surface area contributed by atoms with Crippen molar-refractivity contribution in [2.45, 2.75) is 57.5 Å². The molecule has 0 rings (SSSR count). The van der Waals surface area contributed by atoms with Gasteiger partial charge in [-0.1, -0.05) is 0 Å². The van der Waals surface area contributed by atoms with Crippen LogP contribution in [0.2, 0.25) is 0 Å². The first-order valence-electron chi connectivity index (χ1n) is 4.65. The van der Waals surface area contributed by atoms with Crippen LogP contribution in [-0.4, -0.2) is 44.8 Å². The van der Waals surface area contributed by atoms with E-state index in [0.29, 0.717) is 19.3 Å². The standard InChI is InChI=1S/C9H20O4/c1-6(10)5-8(12)3-4-9(13)7(2)11/h6-13H,3-5H2,1-2H3. The van der Waals surface area contributed by atoms with Gasteiger partial charge in [0.05, 0.1) is 24.4 Å². The van der Waals surface area contributed by atoms with Gasteiger partial charge in [0.25, 0.3) is 0 Å². The summed E-state index contributed by atoms with van der Waals surface area (Å²) in [7, 11) is 0. The van der Waals surface area contributed by atoms with Gasteiger partial charge in [0, 0.05) is 0 Å². The number of hydrogen-bond donors (Lipinski definition) is 4. The molecule has 0 bridgehead atoms. The van der Waals surface area contributed by atoms with Gasteiger partial charge < -0.3 is 20.4 Å². The molecule has 0 aliphatic carbocycles. The van der Waals surface area contributed by atoms with Gasteiger partial charge in [0.2, 0.25) is 0 Å². The molecule has 4 N–H and O–H groups in total. The van der Waals surface area contributed by atoms with Crippen molar-refractivity contribution in [3.63, 3.8) is 0 Å². The lowest BCUT2D eigenvalue weighted by atomic mass is 10.0. The first-order chi connectivity index (χ1) is 5.93. The summed E-state index contributed by atoms with van der Waals surface area (Å²) in [4.78, 5) is 0. The molecule has 80 valence electrons. The van der Waals surface area contributed by atoms with Crippen LogP contribution in [0.1, 0.15) is 33.1 Å². The van der Waals surface area contributed by atoms with E-state index in [9.17, 15) is 10.2 Å². The van der Waals surface area contributed by atoms with E-state index in [1.165, 1.54) is 6.92 Å². The summed E-state index contributed by atoms with van der Waals surface area (Å²) >= 11 is 0. The monoisotopic (exact) mass is 192 g/mol. The molecule has 0 aromatic carbocycles. The lowest BCUT2D eigenvalue weighted by Crippen LogP contribution is -2.25. The molecular weight excluding hydrogens is 172 g/mol. The Kier molecular flexibility index (Phi) is 6.24. The summed E-state index contributed by atoms with van der Waals surface area (Å²) in [6.45, 7) is 3.11. The van der Waals surface area contributed by atoms with Crippen molar-refractivity contribution in [2.75, 3.05) is 0 Å². The van der Waals surface area contributed by atoms with E-state index in [0.717, 1.165) is 0 Å². The van der Waals surface area contributed by atoms with Crippen molar-refractivity contribution in [3.05, 3.63) is 0 Å². The highest BCUT2D eigenvalue weighted by Crippen LogP contribution is 2.09. The molecule has 4 nitrogen and oxygen atoms in total. The van der Waals surface area contributed by atoms with E-state index < -0.39 is 24.4 Å². The molecule has 0 aliphatic rings. The Morgan fingerprint density at radius 2 is 1.46 bits per heavy atom. The van der Waals surface area contributed by atoms with E-state index in [2.05, 4.69) is 0 Å². The summed E-state index contributed by atoms with van der Waals surface area (Å²) in [5.41, 5.74) is 0. The highest BCUT2D eigenvalue weighted by Gasteiger charge is 2.14. The minimum absolute atomic E-state index is 0.312. The molecule has 0 saturated carbocycles. The molecule has 0 aliphatic heterocycles. The fourth-order valence-corrected chi connectivity index (χ4v) is 1.12. The number of aliphatic hydroxyl groups excluding tert-OH is 4. The van der Waals surface area contributed by atoms with Crippen molar-refractivity contribution in [2.24, 2.45) is 0 Å². The molecule has 4 heteroatoms. The van der Waals surface area contributed by atoms with Crippen LogP contribution in [0.4, 0.5) is 0 Å². The highest BCUT2D eigenvalue weighted by atomic mass is 16.3. The van der Waals surface area contributed by atoms with Crippen LogP contribution < -0.4 is 0 Å². The summed E-state index contributed by atoms with van der Waals surface area (Å²) in [5, 5.41) is 36.3. The van der Waals surface area contributed by atoms with Gasteiger partial charge in [-0.05, 0) is 33.1 Å². The maximum absolute atomic E-state index is 9.30. The summed E-state index contributed by atoms with van der Waals surface area (Å²) in [6, 6.07) is 0. The van der Waals surface area contributed by atoms with Gasteiger partial charge >= 0.3 is 0 Å². The first kappa shape index (κ1) is 12.8. The van der Waals surface area contributed by atoms with E-state index in [-0.39, 0.29) is 0 Å². The Bertz CT molecular complexity index is 125. The van der Waals surface area contributed by atoms with Crippen molar-refractivity contribution in [3.8, 4) is 0 Å². The van der Waals surface area contributed by atoms with Crippen LogP contribution in [0.5, 0.6) is 0 Å². The number of hydrogen-bond acceptors (Lipinski definition) is 4. The molecule has 4 unspecified atom stereocenters. The van der Waals surface area contributed by atoms with Crippen LogP contribution in [0.25, 0.3) is 0 Å². The zero-order valence-electron chi connectivity index (χ0n) is 8.22. The van der Waals surface area contributed by atoms with Crippen molar-refractivity contribution < 1.29 is 20.4 Å². The van der Waals surface area contributed by atoms with Gasteiger partial charge in [-0.15, -0.1) is 0 Å². The molecule has 0 radical (unpaired) electrons. The van der Waals surface area contributed by atoms with Crippen molar-refractivity contribution in [1.29, 1.82) is 0 Å². The van der Waals surface area contributed by atoms with Gasteiger partial charge in [-0.2, -0.15) is 0 Å². The zero-order valence-corrected chi connectivity index (χ0v) is 8.22. The second-order valence-corrected chi connectivity index (χ2v) is 3.62. The maximum atomic E-state index is 9.30. The van der Waals surface area contributed by atoms with Crippen molar-refractivity contribution in [1.82, 2.24) is 0 Å². The van der Waals surface area contributed by atoms with E-state index in [4.69, 9.17) is 10.2 Å². The van der Waals surface area contributed by atoms with Crippen LogP contribution >= 0.6 is 0 Å². The number of rotatable bonds is 6. The van der Waals surface area contributed by atoms with Crippen LogP contribution in [0, 0.1) is 0 Å². The Balaban J connectivity index is 3.51. The molecule has 0 spiro atoms. The topological polar surface area (TPSA) is 80.9 Å². The van der Waals surface area contributed by atoms with Crippen LogP contribution in [-0.2, 0) is 0 Å². The largest absolute Gasteiger partial charge is 0.393 e. The molecule has 4 atom stereocenters. The van der Waals surface area contributed by atoms with Gasteiger partial charge in [0.15, 0.2) is 0 Å². The molecular formula is C9H20O4. The molecule has 0 aromatic heterocycles. The third kappa shape index (κ3) is 6.95. The number of aliphatic hydroxyl groups is 4. The molecule has 0 heterocycles. The fourth-order valence-electron chi connectivity index (χ4n) is 1.12. The lowest BCUT2D eigenvalue weighted by molar-refractivity contribution is 0.0109. The molecule has 0 amide bonds. The minimum atomic E-state index is -0.788. The Morgan fingerprint density at radius 1 is 0.923 bits per heavy atom. The predicted octanol–water partition coefficient (Wildman–Crippen LogP) is -0.360. The normalized spacial score (nSPS) is 20.8. The van der Waals surface area contributed by atoms with Crippen LogP contribution in [0.3, 0.4) is 0 Å². The maximum Gasteiger partial charge on any atom is 0.0797 e. The summed E-state index contributed by atoms with van der Waals surface area (Å²) in [5.74, 6) is 0. The highest BCUT2D eigenvalue weighted by molar-refractivity contribution is 4.66. The Hall–Kier alpha value is -0.160. The predicted molar refractivity (Wildman–Crippen MR) is 49.2 cm³/mol. The molecule has 0 fully saturated rings. The minimum Gasteiger partial charge on any atom is -0.393 e. The summed E-state index contributed by atoms with van der Waals surface area (Å²) in [6.07, 6.45) is -1.62. The second-order valence-electron chi connectivity index (χ2n) is 3.62. The second kappa shape index (κ2) is 6.32. The third-order valence-electron chi connectivity index (χ3n) is 1.97. The SMILES string of the molecule is CC(O)CC(O)CCC(O)C(C)O. The van der Waals surface area contributed by atoms with E-state index >= 15 is 0 Å². The van der Waals surface area contributed by atoms with Gasteiger partial charge in [-0.25, -0.2) is 0 Å². The zero-order chi connectivity index (χ0) is 10.4. The van der Waals surface area contributed by atoms with E-state index in [1.807, 2.05) is 0 Å². The first-order valence-corrected chi connectivity index (χ1v) is 4.65. The third-order valence-corrected chi connectivity index (χ3v) is 1.97. The molecule has 0 aromatic rings. The Labute approximate surface area is 78.8 Å². The van der Waals surface area contributed by atoms with Crippen molar-refractivity contribution >= 4 is 0 Å². The average molecular weight is 192 g/mol. The molecule has 0 saturated heterocycles. The van der Waals surface area contributed by atoms with E-state index in [1.54, 1.807) is 6.92 Å². The summed E-state index contributed by atoms with van der Waals surface area (Å²) < 4.78 is 0. The van der Waals surface area contributed by atoms with Gasteiger partial charge in [0.1, 0.15) is 0 Å². The fraction of sp³-hybridized carbons (Fsp3) is 1.00. The smallest absolute Gasteiger partial charge is 0.0797 e. The average Bonchev–Trinajstić information content (AvgIpc) is 1.98. The Morgan fingerprint density at radius 3 is 1.85 bits per heavy atom. The van der Waals surface area contributed by atoms with Gasteiger partial charge in [-0.3, -0.25) is 0 Å². The quantitative estimate of drug-likeness (QED) is 0.463. The van der Waals surface area contributed by atoms with Crippen LogP contribution in [0.15, 0.2) is 0 Å². The molecule has 13 heavy (non-hydrogen) atoms.